The van der Waals surface area contributed by atoms with Crippen molar-refractivity contribution < 1.29 is 4.74 Å². The number of hydrazine groups is 1. The van der Waals surface area contributed by atoms with Gasteiger partial charge >= 0.3 is 0 Å². The van der Waals surface area contributed by atoms with E-state index >= 15 is 0 Å². The first-order valence-corrected chi connectivity index (χ1v) is 7.12. The Kier molecular flexibility index (Phi) is 5.12. The molecular weight excluding hydrogens is 353 g/mol. The number of hydrogen-bond acceptors (Lipinski definition) is 4. The van der Waals surface area contributed by atoms with Gasteiger partial charge in [0, 0.05) is 9.77 Å². The maximum Gasteiger partial charge on any atom is 0.137 e. The summed E-state index contributed by atoms with van der Waals surface area (Å²) in [5.74, 6) is 6.46. The molecule has 0 fully saturated rings. The van der Waals surface area contributed by atoms with Crippen molar-refractivity contribution in [3.8, 4) is 5.75 Å². The second-order valence-electron chi connectivity index (χ2n) is 4.01. The smallest absolute Gasteiger partial charge is 0.137 e. The van der Waals surface area contributed by atoms with Crippen LogP contribution in [0, 0.1) is 3.57 Å². The van der Waals surface area contributed by atoms with Crippen molar-refractivity contribution >= 4 is 22.6 Å². The van der Waals surface area contributed by atoms with Gasteiger partial charge in [0.15, 0.2) is 0 Å². The first kappa shape index (κ1) is 14.2. The minimum absolute atomic E-state index is 0.0963. The molecule has 5 heteroatoms. The van der Waals surface area contributed by atoms with Crippen molar-refractivity contribution in [3.05, 3.63) is 57.4 Å². The molecule has 0 amide bonds. The Hall–Kier alpha value is -1.18. The molecule has 0 bridgehead atoms. The minimum atomic E-state index is -0.0963. The van der Waals surface area contributed by atoms with Gasteiger partial charge in [-0.25, -0.2) is 5.43 Å². The molecule has 2 rings (SSSR count). The average molecular weight is 369 g/mol. The highest BCUT2D eigenvalue weighted by molar-refractivity contribution is 14.1. The second kappa shape index (κ2) is 6.83. The lowest BCUT2D eigenvalue weighted by atomic mass is 10.0. The van der Waals surface area contributed by atoms with E-state index in [1.807, 2.05) is 25.1 Å². The predicted octanol–water partition coefficient (Wildman–Crippen LogP) is 2.64. The Morgan fingerprint density at radius 3 is 2.84 bits per heavy atom. The Morgan fingerprint density at radius 1 is 1.37 bits per heavy atom. The lowest BCUT2D eigenvalue weighted by molar-refractivity contribution is 0.338. The Labute approximate surface area is 126 Å². The third kappa shape index (κ3) is 3.43. The largest absolute Gasteiger partial charge is 0.492 e. The number of ether oxygens (including phenoxy) is 1. The maximum atomic E-state index is 5.71. The lowest BCUT2D eigenvalue weighted by Gasteiger charge is -2.18. The summed E-state index contributed by atoms with van der Waals surface area (Å²) >= 11 is 2.30. The highest BCUT2D eigenvalue weighted by Gasteiger charge is 2.15. The topological polar surface area (TPSA) is 60.2 Å². The van der Waals surface area contributed by atoms with Crippen LogP contribution in [0.15, 0.2) is 42.7 Å². The fourth-order valence-corrected chi connectivity index (χ4v) is 2.61. The molecule has 0 aliphatic rings. The number of nitrogens with two attached hydrogens (primary N) is 1. The molecule has 19 heavy (non-hydrogen) atoms. The van der Waals surface area contributed by atoms with Gasteiger partial charge in [-0.2, -0.15) is 0 Å². The van der Waals surface area contributed by atoms with Gasteiger partial charge < -0.3 is 4.74 Å². The summed E-state index contributed by atoms with van der Waals surface area (Å²) in [6, 6.07) is 9.99. The van der Waals surface area contributed by atoms with Crippen LogP contribution in [0.5, 0.6) is 5.75 Å². The van der Waals surface area contributed by atoms with Crippen molar-refractivity contribution in [2.75, 3.05) is 6.61 Å². The lowest BCUT2D eigenvalue weighted by Crippen LogP contribution is -2.29. The molecule has 0 saturated heterocycles. The number of halogens is 1. The number of benzene rings is 1. The first-order chi connectivity index (χ1) is 9.26. The van der Waals surface area contributed by atoms with Crippen molar-refractivity contribution in [1.29, 1.82) is 0 Å². The zero-order chi connectivity index (χ0) is 13.7. The SMILES string of the molecule is CCOc1cncc(C(NN)c2ccccc2I)c1. The summed E-state index contributed by atoms with van der Waals surface area (Å²) in [6.07, 6.45) is 3.51. The first-order valence-electron chi connectivity index (χ1n) is 6.04. The van der Waals surface area contributed by atoms with Gasteiger partial charge in [-0.05, 0) is 52.8 Å². The molecule has 0 saturated carbocycles. The highest BCUT2D eigenvalue weighted by atomic mass is 127. The van der Waals surface area contributed by atoms with Gasteiger partial charge in [0.05, 0.1) is 18.8 Å². The predicted molar refractivity (Wildman–Crippen MR) is 83.7 cm³/mol. The number of nitrogens with zero attached hydrogens (tertiary/aromatic N) is 1. The number of aromatic nitrogens is 1. The van der Waals surface area contributed by atoms with Crippen molar-refractivity contribution in [1.82, 2.24) is 10.4 Å². The Balaban J connectivity index is 2.37. The van der Waals surface area contributed by atoms with Crippen LogP contribution in [0.2, 0.25) is 0 Å². The van der Waals surface area contributed by atoms with Gasteiger partial charge in [-0.3, -0.25) is 10.8 Å². The van der Waals surface area contributed by atoms with E-state index in [0.717, 1.165) is 20.4 Å². The van der Waals surface area contributed by atoms with Crippen LogP contribution in [0.4, 0.5) is 0 Å². The standard InChI is InChI=1S/C14H16IN3O/c1-2-19-11-7-10(8-17-9-11)14(18-16)12-5-3-4-6-13(12)15/h3-9,14,18H,2,16H2,1H3. The molecule has 4 nitrogen and oxygen atoms in total. The summed E-state index contributed by atoms with van der Waals surface area (Å²) in [6.45, 7) is 2.57. The minimum Gasteiger partial charge on any atom is -0.492 e. The van der Waals surface area contributed by atoms with Gasteiger partial charge in [0.25, 0.3) is 0 Å². The summed E-state index contributed by atoms with van der Waals surface area (Å²) in [4.78, 5) is 4.20. The third-order valence-corrected chi connectivity index (χ3v) is 3.74. The van der Waals surface area contributed by atoms with Crippen LogP contribution in [0.25, 0.3) is 0 Å². The highest BCUT2D eigenvalue weighted by Crippen LogP contribution is 2.27. The number of nitrogens with one attached hydrogen (secondary N) is 1. The molecule has 0 spiro atoms. The molecule has 1 unspecified atom stereocenters. The number of hydrogen-bond donors (Lipinski definition) is 2. The second-order valence-corrected chi connectivity index (χ2v) is 5.17. The van der Waals surface area contributed by atoms with Crippen molar-refractivity contribution in [2.24, 2.45) is 5.84 Å². The molecule has 2 aromatic rings. The van der Waals surface area contributed by atoms with E-state index < -0.39 is 0 Å². The van der Waals surface area contributed by atoms with Crippen molar-refractivity contribution in [3.63, 3.8) is 0 Å². The van der Waals surface area contributed by atoms with Crippen LogP contribution in [0.1, 0.15) is 24.1 Å². The quantitative estimate of drug-likeness (QED) is 0.483. The van der Waals surface area contributed by atoms with E-state index in [2.05, 4.69) is 45.1 Å². The zero-order valence-corrected chi connectivity index (χ0v) is 12.8. The molecule has 1 aromatic heterocycles. The van der Waals surface area contributed by atoms with Gasteiger partial charge in [0.2, 0.25) is 0 Å². The molecule has 100 valence electrons. The van der Waals surface area contributed by atoms with Crippen LogP contribution < -0.4 is 16.0 Å². The monoisotopic (exact) mass is 369 g/mol. The summed E-state index contributed by atoms with van der Waals surface area (Å²) in [5.41, 5.74) is 4.95. The van der Waals surface area contributed by atoms with Gasteiger partial charge in [0.1, 0.15) is 5.75 Å². The average Bonchev–Trinajstić information content (AvgIpc) is 2.43. The zero-order valence-electron chi connectivity index (χ0n) is 10.6. The van der Waals surface area contributed by atoms with Gasteiger partial charge in [-0.15, -0.1) is 0 Å². The third-order valence-electron chi connectivity index (χ3n) is 2.76. The number of pyridine rings is 1. The number of rotatable bonds is 5. The normalized spacial score (nSPS) is 12.2. The van der Waals surface area contributed by atoms with Gasteiger partial charge in [-0.1, -0.05) is 18.2 Å². The summed E-state index contributed by atoms with van der Waals surface area (Å²) < 4.78 is 6.63. The fourth-order valence-electron chi connectivity index (χ4n) is 1.91. The molecule has 0 aliphatic carbocycles. The van der Waals surface area contributed by atoms with E-state index in [4.69, 9.17) is 10.6 Å². The molecule has 3 N–H and O–H groups in total. The molecule has 0 radical (unpaired) electrons. The molecular formula is C14H16IN3O. The molecule has 1 heterocycles. The Bertz CT molecular complexity index is 548. The van der Waals surface area contributed by atoms with E-state index in [0.29, 0.717) is 6.61 Å². The fraction of sp³-hybridized carbons (Fsp3) is 0.214. The Morgan fingerprint density at radius 2 is 2.16 bits per heavy atom. The maximum absolute atomic E-state index is 5.71. The van der Waals surface area contributed by atoms with Crippen LogP contribution >= 0.6 is 22.6 Å². The van der Waals surface area contributed by atoms with Crippen LogP contribution in [-0.4, -0.2) is 11.6 Å². The summed E-state index contributed by atoms with van der Waals surface area (Å²) in [7, 11) is 0. The van der Waals surface area contributed by atoms with Crippen molar-refractivity contribution in [2.45, 2.75) is 13.0 Å². The summed E-state index contributed by atoms with van der Waals surface area (Å²) in [5, 5.41) is 0. The van der Waals surface area contributed by atoms with E-state index in [1.165, 1.54) is 0 Å². The van der Waals surface area contributed by atoms with Crippen LogP contribution in [-0.2, 0) is 0 Å². The van der Waals surface area contributed by atoms with E-state index in [-0.39, 0.29) is 6.04 Å². The van der Waals surface area contributed by atoms with E-state index in [1.54, 1.807) is 12.4 Å². The molecule has 1 atom stereocenters. The van der Waals surface area contributed by atoms with E-state index in [9.17, 15) is 0 Å². The molecule has 1 aromatic carbocycles. The molecule has 0 aliphatic heterocycles. The van der Waals surface area contributed by atoms with Crippen LogP contribution in [0.3, 0.4) is 0 Å².